The number of fused-ring (bicyclic) bond motifs is 1. The minimum atomic E-state index is -5.10. The van der Waals surface area contributed by atoms with E-state index in [1.807, 2.05) is 26.8 Å². The van der Waals surface area contributed by atoms with Crippen LogP contribution in [0.25, 0.3) is 10.8 Å². The highest BCUT2D eigenvalue weighted by atomic mass is 32.2. The van der Waals surface area contributed by atoms with E-state index < -0.39 is 40.7 Å². The van der Waals surface area contributed by atoms with Crippen molar-refractivity contribution in [2.45, 2.75) is 32.5 Å². The van der Waals surface area contributed by atoms with Crippen LogP contribution in [0, 0.1) is 0 Å². The number of ether oxygens (including phenoxy) is 3. The Kier molecular flexibility index (Phi) is 10.8. The quantitative estimate of drug-likeness (QED) is 0.0891. The lowest BCUT2D eigenvalue weighted by Crippen LogP contribution is -2.21. The summed E-state index contributed by atoms with van der Waals surface area (Å²) in [4.78, 5) is 29.0. The summed E-state index contributed by atoms with van der Waals surface area (Å²) in [5, 5.41) is 19.1. The van der Waals surface area contributed by atoms with Gasteiger partial charge in [-0.1, -0.05) is 45.0 Å². The smallest absolute Gasteiger partial charge is 0.492 e. The minimum Gasteiger partial charge on any atom is -0.492 e. The largest absolute Gasteiger partial charge is 0.573 e. The molecule has 0 radical (unpaired) electrons. The van der Waals surface area contributed by atoms with E-state index in [9.17, 15) is 32.1 Å². The summed E-state index contributed by atoms with van der Waals surface area (Å²) in [7, 11) is 0.0533. The number of hydrogen-bond donors (Lipinski definition) is 5. The molecule has 4 aromatic carbocycles. The summed E-state index contributed by atoms with van der Waals surface area (Å²) in [6.45, 7) is 6.04. The number of carboxylic acid groups (broad SMARTS) is 1. The average molecular weight is 738 g/mol. The van der Waals surface area contributed by atoms with Gasteiger partial charge in [-0.05, 0) is 53.4 Å². The lowest BCUT2D eigenvalue weighted by molar-refractivity contribution is -0.274. The molecular weight excluding hydrogens is 703 g/mol. The molecule has 0 aliphatic heterocycles. The zero-order chi connectivity index (χ0) is 37.8. The van der Waals surface area contributed by atoms with E-state index in [2.05, 4.69) is 30.4 Å². The fraction of sp³-hybridized carbons (Fsp3) is 0.194. The number of anilines is 5. The Bertz CT molecular complexity index is 2170. The van der Waals surface area contributed by atoms with Crippen molar-refractivity contribution >= 4 is 62.3 Å². The number of urea groups is 1. The second-order valence-electron chi connectivity index (χ2n) is 12.3. The maximum atomic E-state index is 13.4. The molecule has 5 rings (SSSR count). The van der Waals surface area contributed by atoms with E-state index in [1.54, 1.807) is 48.5 Å². The normalized spacial score (nSPS) is 12.1. The van der Waals surface area contributed by atoms with E-state index in [0.29, 0.717) is 45.1 Å². The van der Waals surface area contributed by atoms with Gasteiger partial charge in [0.2, 0.25) is 0 Å². The van der Waals surface area contributed by atoms with Gasteiger partial charge in [0.15, 0.2) is 5.75 Å². The number of pyridine rings is 1. The van der Waals surface area contributed by atoms with Crippen molar-refractivity contribution in [1.29, 1.82) is 0 Å². The van der Waals surface area contributed by atoms with Gasteiger partial charge in [-0.2, -0.15) is 0 Å². The van der Waals surface area contributed by atoms with Crippen molar-refractivity contribution in [3.05, 3.63) is 96.2 Å². The number of aromatic nitrogens is 1. The number of hydrogen-bond acceptors (Lipinski definition) is 8. The number of methoxy groups -OCH3 is 1. The van der Waals surface area contributed by atoms with Gasteiger partial charge in [0, 0.05) is 41.0 Å². The first-order valence-corrected chi connectivity index (χ1v) is 17.0. The molecule has 0 spiro atoms. The van der Waals surface area contributed by atoms with Gasteiger partial charge in [0.05, 0.1) is 24.2 Å². The van der Waals surface area contributed by atoms with Crippen molar-refractivity contribution in [2.75, 3.05) is 34.0 Å². The van der Waals surface area contributed by atoms with Crippen LogP contribution in [0.4, 0.5) is 46.5 Å². The van der Waals surface area contributed by atoms with E-state index in [0.717, 1.165) is 17.7 Å². The van der Waals surface area contributed by atoms with Crippen LogP contribution in [0.3, 0.4) is 0 Å². The maximum absolute atomic E-state index is 13.4. The summed E-state index contributed by atoms with van der Waals surface area (Å²) >= 11 is 0. The van der Waals surface area contributed by atoms with Crippen LogP contribution in [0.2, 0.25) is 0 Å². The fourth-order valence-electron chi connectivity index (χ4n) is 5.15. The van der Waals surface area contributed by atoms with Crippen molar-refractivity contribution in [2.24, 2.45) is 0 Å². The van der Waals surface area contributed by atoms with Gasteiger partial charge in [-0.15, -0.1) is 13.2 Å². The van der Waals surface area contributed by atoms with Crippen molar-refractivity contribution in [1.82, 2.24) is 4.98 Å². The van der Waals surface area contributed by atoms with E-state index in [1.165, 1.54) is 31.7 Å². The molecule has 1 heterocycles. The van der Waals surface area contributed by atoms with Crippen LogP contribution < -0.4 is 34.9 Å². The van der Waals surface area contributed by atoms with Gasteiger partial charge in [0.1, 0.15) is 39.6 Å². The molecule has 272 valence electrons. The number of amides is 2. The van der Waals surface area contributed by atoms with Crippen molar-refractivity contribution < 1.29 is 46.3 Å². The summed E-state index contributed by atoms with van der Waals surface area (Å²) in [6.07, 6.45) is -2.19. The predicted octanol–water partition coefficient (Wildman–Crippen LogP) is 9.02. The van der Waals surface area contributed by atoms with Crippen molar-refractivity contribution in [3.63, 3.8) is 0 Å². The first-order valence-electron chi connectivity index (χ1n) is 15.5. The molecule has 0 saturated heterocycles. The van der Waals surface area contributed by atoms with Gasteiger partial charge < -0.3 is 40.0 Å². The Morgan fingerprint density at radius 1 is 0.846 bits per heavy atom. The Morgan fingerprint density at radius 2 is 1.54 bits per heavy atom. The maximum Gasteiger partial charge on any atom is 0.573 e. The van der Waals surface area contributed by atoms with Gasteiger partial charge >= 0.3 is 18.4 Å². The third-order valence-electron chi connectivity index (χ3n) is 7.46. The SMILES string of the molecule is COc1c(NC(=O)Nc2ccc(Oc3ccnc(Nc4ccc(C(=O)O)c(OC(F)(F)F)c4)c3)c3ccccc23)cc(C(C)(C)C)cc1NS(C)=O. The van der Waals surface area contributed by atoms with Crippen LogP contribution in [-0.4, -0.2) is 46.0 Å². The van der Waals surface area contributed by atoms with Crippen molar-refractivity contribution in [3.8, 4) is 23.0 Å². The molecule has 5 N–H and O–H groups in total. The Labute approximate surface area is 298 Å². The van der Waals surface area contributed by atoms with Crippen LogP contribution in [0.1, 0.15) is 36.7 Å². The topological polar surface area (TPSA) is 160 Å². The van der Waals surface area contributed by atoms with Crippen LogP contribution in [0.15, 0.2) is 85.1 Å². The number of aromatic carboxylic acids is 1. The lowest BCUT2D eigenvalue weighted by Gasteiger charge is -2.24. The van der Waals surface area contributed by atoms with E-state index in [4.69, 9.17) is 9.47 Å². The molecule has 1 unspecified atom stereocenters. The molecule has 0 bridgehead atoms. The number of halogens is 3. The highest BCUT2D eigenvalue weighted by molar-refractivity contribution is 7.85. The summed E-state index contributed by atoms with van der Waals surface area (Å²) < 4.78 is 69.3. The average Bonchev–Trinajstić information content (AvgIpc) is 3.04. The molecule has 0 fully saturated rings. The molecule has 0 aliphatic carbocycles. The Morgan fingerprint density at radius 3 is 2.19 bits per heavy atom. The number of benzene rings is 4. The number of nitrogens with one attached hydrogen (secondary N) is 4. The highest BCUT2D eigenvalue weighted by Crippen LogP contribution is 2.40. The molecule has 5 aromatic rings. The summed E-state index contributed by atoms with van der Waals surface area (Å²) in [5.41, 5.74) is 1.29. The third kappa shape index (κ3) is 9.19. The monoisotopic (exact) mass is 737 g/mol. The van der Waals surface area contributed by atoms with Crippen LogP contribution >= 0.6 is 0 Å². The second kappa shape index (κ2) is 15.1. The van der Waals surface area contributed by atoms with E-state index >= 15 is 0 Å². The Balaban J connectivity index is 1.38. The molecule has 52 heavy (non-hydrogen) atoms. The lowest BCUT2D eigenvalue weighted by atomic mass is 9.86. The summed E-state index contributed by atoms with van der Waals surface area (Å²) in [5.74, 6) is -1.23. The number of carbonyl (C=O) groups is 2. The molecule has 2 amide bonds. The first-order chi connectivity index (χ1) is 24.5. The first kappa shape index (κ1) is 37.2. The number of alkyl halides is 3. The predicted molar refractivity (Wildman–Crippen MR) is 194 cm³/mol. The molecule has 1 atom stereocenters. The molecular formula is C36H34F3N5O7S. The zero-order valence-electron chi connectivity index (χ0n) is 28.5. The Hall–Kier alpha value is -6.03. The number of nitrogens with zero attached hydrogens (tertiary/aromatic N) is 1. The van der Waals surface area contributed by atoms with E-state index in [-0.39, 0.29) is 16.9 Å². The third-order valence-corrected chi connectivity index (χ3v) is 7.97. The number of rotatable bonds is 11. The van der Waals surface area contributed by atoms with Crippen LogP contribution in [0.5, 0.6) is 23.0 Å². The zero-order valence-corrected chi connectivity index (χ0v) is 29.3. The number of carbonyl (C=O) groups excluding carboxylic acids is 1. The molecule has 16 heteroatoms. The molecule has 0 aliphatic rings. The fourth-order valence-corrected chi connectivity index (χ4v) is 5.62. The number of carboxylic acids is 1. The van der Waals surface area contributed by atoms with Gasteiger partial charge in [-0.3, -0.25) is 0 Å². The second-order valence-corrected chi connectivity index (χ2v) is 13.4. The minimum absolute atomic E-state index is 0.0867. The molecule has 1 aromatic heterocycles. The standard InChI is InChI=1S/C36H34F3N5O7S/c1-35(2,3)20-16-27(32(49-4)28(17-20)44-52(5)48)43-34(47)42-26-12-13-29(24-9-7-6-8-23(24)26)50-22-14-15-40-31(19-22)41-21-10-11-25(33(45)46)30(18-21)51-36(37,38)39/h6-19,44H,1-5H3,(H,40,41)(H,45,46)(H2,42,43,47). The molecule has 12 nitrogen and oxygen atoms in total. The van der Waals surface area contributed by atoms with Crippen LogP contribution in [-0.2, 0) is 16.4 Å². The van der Waals surface area contributed by atoms with Gasteiger partial charge in [0.25, 0.3) is 0 Å². The van der Waals surface area contributed by atoms with Gasteiger partial charge in [-0.25, -0.2) is 18.8 Å². The summed E-state index contributed by atoms with van der Waals surface area (Å²) in [6, 6.07) is 19.8. The highest BCUT2D eigenvalue weighted by Gasteiger charge is 2.33. The molecule has 0 saturated carbocycles.